The van der Waals surface area contributed by atoms with Gasteiger partial charge in [0.25, 0.3) is 0 Å². The molecule has 6 rings (SSSR count). The van der Waals surface area contributed by atoms with Gasteiger partial charge in [-0.25, -0.2) is 4.79 Å². The first-order valence-corrected chi connectivity index (χ1v) is 13.6. The molecule has 7 heteroatoms. The highest BCUT2D eigenvalue weighted by atomic mass is 16.5. The minimum atomic E-state index is -1.02. The second kappa shape index (κ2) is 8.47. The molecule has 3 N–H and O–H groups in total. The van der Waals surface area contributed by atoms with Crippen LogP contribution >= 0.6 is 0 Å². The largest absolute Gasteiger partial charge is 0.458 e. The van der Waals surface area contributed by atoms with Crippen LogP contribution in [-0.4, -0.2) is 56.4 Å². The summed E-state index contributed by atoms with van der Waals surface area (Å²) in [5, 5.41) is 35.1. The van der Waals surface area contributed by atoms with Crippen LogP contribution in [0, 0.1) is 28.6 Å². The van der Waals surface area contributed by atoms with Crippen molar-refractivity contribution in [2.75, 3.05) is 6.61 Å². The number of cyclic esters (lactones) is 1. The molecule has 1 aliphatic heterocycles. The van der Waals surface area contributed by atoms with Crippen LogP contribution in [0.1, 0.15) is 70.3 Å². The number of esters is 1. The van der Waals surface area contributed by atoms with Crippen LogP contribution < -0.4 is 0 Å². The summed E-state index contributed by atoms with van der Waals surface area (Å²) in [5.41, 5.74) is -0.686. The lowest BCUT2D eigenvalue weighted by Crippen LogP contribution is -2.68. The van der Waals surface area contributed by atoms with E-state index in [0.29, 0.717) is 45.3 Å². The minimum absolute atomic E-state index is 0.0442. The summed E-state index contributed by atoms with van der Waals surface area (Å²) in [6.45, 7) is 3.07. The van der Waals surface area contributed by atoms with Crippen LogP contribution in [0.4, 0.5) is 0 Å². The quantitative estimate of drug-likeness (QED) is 0.437. The summed E-state index contributed by atoms with van der Waals surface area (Å²) < 4.78 is 5.24. The lowest BCUT2D eigenvalue weighted by Gasteiger charge is -2.65. The lowest BCUT2D eigenvalue weighted by molar-refractivity contribution is -0.237. The zero-order valence-corrected chi connectivity index (χ0v) is 21.1. The molecule has 0 aromatic carbocycles. The topological polar surface area (TPSA) is 112 Å². The van der Waals surface area contributed by atoms with Crippen molar-refractivity contribution in [3.63, 3.8) is 0 Å². The van der Waals surface area contributed by atoms with Gasteiger partial charge in [0.15, 0.2) is 0 Å². The Morgan fingerprint density at radius 1 is 1.08 bits per heavy atom. The van der Waals surface area contributed by atoms with E-state index in [1.165, 1.54) is 0 Å². The number of rotatable bonds is 4. The molecule has 0 spiro atoms. The van der Waals surface area contributed by atoms with Gasteiger partial charge >= 0.3 is 5.97 Å². The first-order chi connectivity index (χ1) is 17.2. The number of aromatic nitrogens is 1. The van der Waals surface area contributed by atoms with Gasteiger partial charge in [0.05, 0.1) is 23.9 Å². The van der Waals surface area contributed by atoms with Gasteiger partial charge in [0.2, 0.25) is 0 Å². The van der Waals surface area contributed by atoms with Crippen molar-refractivity contribution >= 4 is 12.2 Å². The molecule has 0 amide bonds. The average Bonchev–Trinajstić information content (AvgIpc) is 3.40. The molecule has 4 saturated carbocycles. The summed E-state index contributed by atoms with van der Waals surface area (Å²) in [4.78, 5) is 20.8. The van der Waals surface area contributed by atoms with Gasteiger partial charge in [-0.2, -0.15) is 0 Å². The fourth-order valence-corrected chi connectivity index (χ4v) is 9.16. The zero-order valence-electron chi connectivity index (χ0n) is 21.1. The van der Waals surface area contributed by atoms with Crippen LogP contribution in [0.5, 0.6) is 0 Å². The Balaban J connectivity index is 1.35. The van der Waals surface area contributed by atoms with Gasteiger partial charge in [0.1, 0.15) is 6.61 Å². The Morgan fingerprint density at radius 2 is 1.86 bits per heavy atom. The Bertz CT molecular complexity index is 1090. The van der Waals surface area contributed by atoms with E-state index in [4.69, 9.17) is 9.73 Å². The number of hydrogen-bond acceptors (Lipinski definition) is 7. The standard InChI is InChI=1S/C29H38N2O5/c1-26-8-3-23-24(29(26,35)11-5-22(26)20-14-25(33)36-17-20)4-10-28(34)15-21(32)2-9-27(23,28)18-31-16-19-6-12-30-13-7-19/h6-7,12-14,18,21-24,32,34-35H,2-5,8-11,15-17H2,1H3/t21-,22+,23-,24+,26-,27+,28-,29+/m1/s1. The molecule has 36 heavy (non-hydrogen) atoms. The Kier molecular flexibility index (Phi) is 5.71. The molecule has 8 atom stereocenters. The molecule has 4 aliphatic carbocycles. The van der Waals surface area contributed by atoms with Crippen molar-refractivity contribution in [1.82, 2.24) is 4.98 Å². The van der Waals surface area contributed by atoms with E-state index in [1.54, 1.807) is 18.5 Å². The smallest absolute Gasteiger partial charge is 0.331 e. The number of hydrogen-bond donors (Lipinski definition) is 3. The van der Waals surface area contributed by atoms with Crippen LogP contribution in [0.2, 0.25) is 0 Å². The molecule has 4 fully saturated rings. The number of aliphatic hydroxyl groups excluding tert-OH is 1. The molecule has 0 radical (unpaired) electrons. The number of nitrogens with zero attached hydrogens (tertiary/aromatic N) is 2. The van der Waals surface area contributed by atoms with Gasteiger partial charge in [-0.3, -0.25) is 9.98 Å². The summed E-state index contributed by atoms with van der Waals surface area (Å²) in [7, 11) is 0. The normalized spacial score (nSPS) is 46.1. The predicted octanol–water partition coefficient (Wildman–Crippen LogP) is 3.37. The number of aliphatic hydroxyl groups is 3. The minimum Gasteiger partial charge on any atom is -0.458 e. The predicted molar refractivity (Wildman–Crippen MR) is 134 cm³/mol. The van der Waals surface area contributed by atoms with E-state index in [0.717, 1.165) is 36.8 Å². The van der Waals surface area contributed by atoms with E-state index in [2.05, 4.69) is 11.9 Å². The van der Waals surface area contributed by atoms with E-state index in [-0.39, 0.29) is 29.1 Å². The number of aliphatic imine (C=N–C) groups is 1. The molecular formula is C29H38N2O5. The molecule has 194 valence electrons. The second-order valence-corrected chi connectivity index (χ2v) is 12.3. The molecule has 0 unspecified atom stereocenters. The van der Waals surface area contributed by atoms with Gasteiger partial charge in [-0.05, 0) is 92.4 Å². The van der Waals surface area contributed by atoms with Gasteiger partial charge in [0, 0.05) is 41.9 Å². The molecule has 0 bridgehead atoms. The lowest BCUT2D eigenvalue weighted by atomic mass is 9.41. The third-order valence-corrected chi connectivity index (χ3v) is 11.0. The van der Waals surface area contributed by atoms with Gasteiger partial charge in [-0.15, -0.1) is 0 Å². The van der Waals surface area contributed by atoms with E-state index in [1.807, 2.05) is 18.3 Å². The maximum absolute atomic E-state index is 12.5. The molecule has 1 aromatic rings. The third kappa shape index (κ3) is 3.38. The Morgan fingerprint density at radius 3 is 2.61 bits per heavy atom. The van der Waals surface area contributed by atoms with Crippen LogP contribution in [0.15, 0.2) is 41.2 Å². The summed E-state index contributed by atoms with van der Waals surface area (Å²) >= 11 is 0. The molecule has 1 aromatic heterocycles. The number of carbonyl (C=O) groups is 1. The Labute approximate surface area is 212 Å². The van der Waals surface area contributed by atoms with E-state index < -0.39 is 22.7 Å². The summed E-state index contributed by atoms with van der Waals surface area (Å²) in [5.74, 6) is 0.00532. The SMILES string of the molecule is C[C@]12CC[C@@H]3[C@H](CC[C@@]4(O)C[C@H](O)CC[C@]34C=NCc3ccncc3)[C@@]1(O)CC[C@H]2C1=CC(=O)OC1. The van der Waals surface area contributed by atoms with E-state index >= 15 is 0 Å². The zero-order chi connectivity index (χ0) is 25.2. The highest BCUT2D eigenvalue weighted by molar-refractivity contribution is 5.85. The highest BCUT2D eigenvalue weighted by Crippen LogP contribution is 2.70. The molecule has 2 heterocycles. The number of pyridine rings is 1. The Hall–Kier alpha value is -2.09. The maximum Gasteiger partial charge on any atom is 0.331 e. The second-order valence-electron chi connectivity index (χ2n) is 12.3. The summed E-state index contributed by atoms with van der Waals surface area (Å²) in [6.07, 6.45) is 12.9. The van der Waals surface area contributed by atoms with Crippen LogP contribution in [0.25, 0.3) is 0 Å². The number of carbonyl (C=O) groups excluding carboxylic acids is 1. The third-order valence-electron chi connectivity index (χ3n) is 11.0. The van der Waals surface area contributed by atoms with Gasteiger partial charge in [-0.1, -0.05) is 6.92 Å². The molecule has 5 aliphatic rings. The highest BCUT2D eigenvalue weighted by Gasteiger charge is 2.71. The van der Waals surface area contributed by atoms with Crippen molar-refractivity contribution in [3.05, 3.63) is 41.7 Å². The molecule has 0 saturated heterocycles. The number of ether oxygens (including phenoxy) is 1. The average molecular weight is 495 g/mol. The molecular weight excluding hydrogens is 456 g/mol. The monoisotopic (exact) mass is 494 g/mol. The fourth-order valence-electron chi connectivity index (χ4n) is 9.16. The van der Waals surface area contributed by atoms with Crippen molar-refractivity contribution < 1.29 is 24.9 Å². The van der Waals surface area contributed by atoms with E-state index in [9.17, 15) is 20.1 Å². The van der Waals surface area contributed by atoms with Crippen molar-refractivity contribution in [3.8, 4) is 0 Å². The summed E-state index contributed by atoms with van der Waals surface area (Å²) in [6, 6.07) is 3.91. The number of fused-ring (bicyclic) bond motifs is 5. The molecule has 7 nitrogen and oxygen atoms in total. The van der Waals surface area contributed by atoms with Crippen molar-refractivity contribution in [2.45, 2.75) is 88.6 Å². The van der Waals surface area contributed by atoms with Crippen molar-refractivity contribution in [2.24, 2.45) is 33.6 Å². The maximum atomic E-state index is 12.5. The van der Waals surface area contributed by atoms with Crippen molar-refractivity contribution in [1.29, 1.82) is 0 Å². The first kappa shape index (κ1) is 24.3. The van der Waals surface area contributed by atoms with Crippen LogP contribution in [0.3, 0.4) is 0 Å². The fraction of sp³-hybridized carbons (Fsp3) is 0.690. The first-order valence-electron chi connectivity index (χ1n) is 13.6. The van der Waals surface area contributed by atoms with Crippen LogP contribution in [-0.2, 0) is 16.1 Å². The van der Waals surface area contributed by atoms with Gasteiger partial charge < -0.3 is 20.1 Å².